The molecule has 0 N–H and O–H groups in total. The summed E-state index contributed by atoms with van der Waals surface area (Å²) >= 11 is 0. The molecule has 0 aliphatic heterocycles. The Morgan fingerprint density at radius 2 is 1.71 bits per heavy atom. The number of benzene rings is 2. The molecule has 0 spiro atoms. The van der Waals surface area contributed by atoms with Crippen LogP contribution in [0, 0.1) is 0 Å². The van der Waals surface area contributed by atoms with Crippen LogP contribution in [0.25, 0.3) is 11.0 Å². The first-order chi connectivity index (χ1) is 13.2. The molecule has 0 aliphatic carbocycles. The Morgan fingerprint density at radius 1 is 1.07 bits per heavy atom. The predicted molar refractivity (Wildman–Crippen MR) is 107 cm³/mol. The Morgan fingerprint density at radius 3 is 2.39 bits per heavy atom. The monoisotopic (exact) mass is 401 g/mol. The number of hydrogen-bond donors (Lipinski definition) is 0. The molecule has 1 heterocycles. The number of fused-ring (bicyclic) bond motifs is 1. The number of carbonyl (C=O) groups excluding carboxylic acids is 1. The number of aromatic nitrogens is 2. The lowest BCUT2D eigenvalue weighted by atomic mass is 10.2. The molecule has 0 radical (unpaired) electrons. The minimum absolute atomic E-state index is 0.218. The van der Waals surface area contributed by atoms with E-state index in [1.165, 1.54) is 6.33 Å². The first-order valence-corrected chi connectivity index (χ1v) is 10.4. The lowest BCUT2D eigenvalue weighted by molar-refractivity contribution is 0.0356. The van der Waals surface area contributed by atoms with E-state index in [1.807, 2.05) is 24.3 Å². The van der Waals surface area contributed by atoms with Gasteiger partial charge in [-0.25, -0.2) is 18.2 Å². The van der Waals surface area contributed by atoms with Crippen LogP contribution in [0.5, 0.6) is 0 Å². The van der Waals surface area contributed by atoms with Crippen molar-refractivity contribution in [3.63, 3.8) is 0 Å². The fraction of sp³-hybridized carbons (Fsp3) is 0.300. The van der Waals surface area contributed by atoms with Crippen molar-refractivity contribution in [3.05, 3.63) is 66.5 Å². The molecule has 3 aromatic rings. The van der Waals surface area contributed by atoms with Gasteiger partial charge in [0.15, 0.2) is 0 Å². The van der Waals surface area contributed by atoms with E-state index >= 15 is 0 Å². The van der Waals surface area contributed by atoms with E-state index in [-0.39, 0.29) is 12.4 Å². The molecule has 0 atom stereocenters. The van der Waals surface area contributed by atoms with Crippen LogP contribution in [0.2, 0.25) is 0 Å². The van der Waals surface area contributed by atoms with Gasteiger partial charge in [-0.15, -0.1) is 0 Å². The Bertz CT molecular complexity index is 1070. The highest BCUT2D eigenvalue weighted by Gasteiger charge is 2.32. The van der Waals surface area contributed by atoms with Crippen molar-refractivity contribution in [2.45, 2.75) is 38.8 Å². The van der Waals surface area contributed by atoms with Gasteiger partial charge in [-0.2, -0.15) is 4.31 Å². The van der Waals surface area contributed by atoms with Crippen molar-refractivity contribution in [1.82, 2.24) is 13.9 Å². The van der Waals surface area contributed by atoms with Gasteiger partial charge in [0, 0.05) is 0 Å². The van der Waals surface area contributed by atoms with E-state index < -0.39 is 21.7 Å². The summed E-state index contributed by atoms with van der Waals surface area (Å²) in [4.78, 5) is 17.0. The van der Waals surface area contributed by atoms with Gasteiger partial charge < -0.3 is 9.30 Å². The smallest absolute Gasteiger partial charge is 0.425 e. The van der Waals surface area contributed by atoms with Gasteiger partial charge in [0.25, 0.3) is 0 Å². The Balaban J connectivity index is 1.96. The zero-order chi connectivity index (χ0) is 20.4. The molecule has 28 heavy (non-hydrogen) atoms. The molecule has 1 amide bonds. The summed E-state index contributed by atoms with van der Waals surface area (Å²) in [5, 5.41) is 0. The van der Waals surface area contributed by atoms with Crippen molar-refractivity contribution in [3.8, 4) is 0 Å². The van der Waals surface area contributed by atoms with Crippen LogP contribution in [0.4, 0.5) is 4.79 Å². The minimum atomic E-state index is -3.98. The molecular formula is C20H23N3O4S. The second kappa shape index (κ2) is 7.63. The van der Waals surface area contributed by atoms with Crippen molar-refractivity contribution in [1.29, 1.82) is 0 Å². The quantitative estimate of drug-likeness (QED) is 0.650. The van der Waals surface area contributed by atoms with E-state index in [2.05, 4.69) is 4.98 Å². The summed E-state index contributed by atoms with van der Waals surface area (Å²) in [6.07, 6.45) is 0.598. The van der Waals surface area contributed by atoms with Crippen molar-refractivity contribution in [2.24, 2.45) is 0 Å². The van der Waals surface area contributed by atoms with Crippen LogP contribution in [-0.4, -0.2) is 34.0 Å². The average Bonchev–Trinajstić information content (AvgIpc) is 3.01. The number of amides is 1. The normalized spacial score (nSPS) is 12.1. The third kappa shape index (κ3) is 4.69. The molecule has 8 heteroatoms. The van der Waals surface area contributed by atoms with Gasteiger partial charge in [0.05, 0.1) is 23.1 Å². The van der Waals surface area contributed by atoms with Crippen LogP contribution < -0.4 is 0 Å². The molecule has 7 nitrogen and oxygen atoms in total. The number of nitrogens with zero attached hydrogens (tertiary/aromatic N) is 3. The highest BCUT2D eigenvalue weighted by atomic mass is 32.2. The topological polar surface area (TPSA) is 81.5 Å². The molecule has 2 aromatic carbocycles. The molecule has 1 aromatic heterocycles. The van der Waals surface area contributed by atoms with Crippen molar-refractivity contribution < 1.29 is 17.9 Å². The summed E-state index contributed by atoms with van der Waals surface area (Å²) in [6, 6.07) is 16.0. The van der Waals surface area contributed by atoms with Crippen molar-refractivity contribution in [2.75, 3.05) is 0 Å². The molecule has 0 saturated heterocycles. The summed E-state index contributed by atoms with van der Waals surface area (Å²) in [7, 11) is -3.98. The summed E-state index contributed by atoms with van der Waals surface area (Å²) < 4.78 is 33.9. The fourth-order valence-corrected chi connectivity index (χ4v) is 4.03. The number of imidazole rings is 1. The van der Waals surface area contributed by atoms with Gasteiger partial charge in [-0.1, -0.05) is 42.5 Å². The second-order valence-corrected chi connectivity index (χ2v) is 9.31. The lowest BCUT2D eigenvalue weighted by Gasteiger charge is -2.27. The van der Waals surface area contributed by atoms with E-state index in [1.54, 1.807) is 55.7 Å². The van der Waals surface area contributed by atoms with Crippen LogP contribution in [0.15, 0.2) is 60.9 Å². The SMILES string of the molecule is CC(C)(C)OC(=O)N(Cn1cnc2ccccc21)S(=O)(=O)Cc1ccccc1. The highest BCUT2D eigenvalue weighted by molar-refractivity contribution is 7.88. The third-order valence-corrected chi connectivity index (χ3v) is 5.57. The Hall–Kier alpha value is -2.87. The van der Waals surface area contributed by atoms with Gasteiger partial charge in [-0.3, -0.25) is 0 Å². The lowest BCUT2D eigenvalue weighted by Crippen LogP contribution is -2.42. The van der Waals surface area contributed by atoms with Crippen LogP contribution in [0.3, 0.4) is 0 Å². The van der Waals surface area contributed by atoms with Gasteiger partial charge >= 0.3 is 6.09 Å². The Labute approximate surface area is 164 Å². The zero-order valence-corrected chi connectivity index (χ0v) is 16.9. The minimum Gasteiger partial charge on any atom is -0.443 e. The predicted octanol–water partition coefficient (Wildman–Crippen LogP) is 3.76. The number of carbonyl (C=O) groups is 1. The Kier molecular flexibility index (Phi) is 5.42. The number of sulfonamides is 1. The van der Waals surface area contributed by atoms with Gasteiger partial charge in [0.2, 0.25) is 10.0 Å². The molecular weight excluding hydrogens is 378 g/mol. The number of para-hydroxylation sites is 2. The molecule has 3 rings (SSSR count). The number of hydrogen-bond acceptors (Lipinski definition) is 5. The average molecular weight is 401 g/mol. The zero-order valence-electron chi connectivity index (χ0n) is 16.1. The summed E-state index contributed by atoms with van der Waals surface area (Å²) in [5.74, 6) is -0.306. The van der Waals surface area contributed by atoms with Crippen LogP contribution in [-0.2, 0) is 27.2 Å². The molecule has 0 unspecified atom stereocenters. The second-order valence-electron chi connectivity index (χ2n) is 7.42. The molecule has 0 bridgehead atoms. The number of rotatable bonds is 5. The number of ether oxygens (including phenoxy) is 1. The maximum absolute atomic E-state index is 13.1. The molecule has 0 aliphatic rings. The van der Waals surface area contributed by atoms with E-state index in [0.29, 0.717) is 11.1 Å². The molecule has 148 valence electrons. The maximum Gasteiger partial charge on any atom is 0.425 e. The first-order valence-electron chi connectivity index (χ1n) is 8.83. The first kappa shape index (κ1) is 19.9. The molecule has 0 fully saturated rings. The fourth-order valence-electron chi connectivity index (χ4n) is 2.70. The summed E-state index contributed by atoms with van der Waals surface area (Å²) in [6.45, 7) is 4.86. The van der Waals surface area contributed by atoms with E-state index in [4.69, 9.17) is 4.74 Å². The van der Waals surface area contributed by atoms with Crippen LogP contribution >= 0.6 is 0 Å². The standard InChI is InChI=1S/C20H23N3O4S/c1-20(2,3)27-19(24)23(28(25,26)13-16-9-5-4-6-10-16)15-22-14-21-17-11-7-8-12-18(17)22/h4-12,14H,13,15H2,1-3H3. The van der Waals surface area contributed by atoms with Gasteiger partial charge in [-0.05, 0) is 38.5 Å². The largest absolute Gasteiger partial charge is 0.443 e. The molecule has 0 saturated carbocycles. The van der Waals surface area contributed by atoms with Gasteiger partial charge in [0.1, 0.15) is 12.3 Å². The van der Waals surface area contributed by atoms with E-state index in [9.17, 15) is 13.2 Å². The summed E-state index contributed by atoms with van der Waals surface area (Å²) in [5.41, 5.74) is 1.21. The van der Waals surface area contributed by atoms with E-state index in [0.717, 1.165) is 9.82 Å². The van der Waals surface area contributed by atoms with Crippen LogP contribution in [0.1, 0.15) is 26.3 Å². The maximum atomic E-state index is 13.1. The highest BCUT2D eigenvalue weighted by Crippen LogP contribution is 2.19. The third-order valence-electron chi connectivity index (χ3n) is 3.93. The van der Waals surface area contributed by atoms with Crippen molar-refractivity contribution >= 4 is 27.1 Å².